The number of aliphatic carboxylic acids is 1. The van der Waals surface area contributed by atoms with E-state index in [0.29, 0.717) is 5.92 Å². The number of methoxy groups -OCH3 is 1. The number of rotatable bonds is 6. The Morgan fingerprint density at radius 2 is 2.00 bits per heavy atom. The normalized spacial score (nSPS) is 12.3. The van der Waals surface area contributed by atoms with Gasteiger partial charge in [0.15, 0.2) is 0 Å². The lowest BCUT2D eigenvalue weighted by molar-refractivity contribution is -0.137. The summed E-state index contributed by atoms with van der Waals surface area (Å²) in [5.74, 6) is 0.424. The third-order valence-electron chi connectivity index (χ3n) is 3.38. The number of carboxylic acid groups (broad SMARTS) is 1. The Morgan fingerprint density at radius 3 is 2.47 bits per heavy atom. The molecule has 19 heavy (non-hydrogen) atoms. The summed E-state index contributed by atoms with van der Waals surface area (Å²) in [5.41, 5.74) is 2.13. The summed E-state index contributed by atoms with van der Waals surface area (Å²) in [7, 11) is 3.53. The number of nitrogens with zero attached hydrogens (tertiary/aromatic N) is 1. The van der Waals surface area contributed by atoms with Gasteiger partial charge in [-0.25, -0.2) is 0 Å². The summed E-state index contributed by atoms with van der Waals surface area (Å²) < 4.78 is 5.42. The third-order valence-corrected chi connectivity index (χ3v) is 3.38. The van der Waals surface area contributed by atoms with E-state index in [1.165, 1.54) is 5.56 Å². The molecule has 0 spiro atoms. The highest BCUT2D eigenvalue weighted by atomic mass is 16.5. The van der Waals surface area contributed by atoms with Crippen LogP contribution in [0.25, 0.3) is 0 Å². The van der Waals surface area contributed by atoms with E-state index in [1.54, 1.807) is 7.11 Å². The first-order valence-corrected chi connectivity index (χ1v) is 6.49. The van der Waals surface area contributed by atoms with Crippen LogP contribution in [0.2, 0.25) is 0 Å². The summed E-state index contributed by atoms with van der Waals surface area (Å²) in [6.07, 6.45) is 0.103. The lowest BCUT2D eigenvalue weighted by atomic mass is 10.0. The van der Waals surface area contributed by atoms with Crippen LogP contribution < -0.4 is 9.64 Å². The van der Waals surface area contributed by atoms with E-state index in [2.05, 4.69) is 19.9 Å². The minimum Gasteiger partial charge on any atom is -0.495 e. The fourth-order valence-electron chi connectivity index (χ4n) is 1.97. The van der Waals surface area contributed by atoms with Crippen molar-refractivity contribution in [2.45, 2.75) is 39.2 Å². The average Bonchev–Trinajstić information content (AvgIpc) is 2.36. The number of hydrogen-bond donors (Lipinski definition) is 1. The molecule has 4 heteroatoms. The van der Waals surface area contributed by atoms with Crippen LogP contribution in [-0.4, -0.2) is 31.3 Å². The number of hydrogen-bond acceptors (Lipinski definition) is 3. The highest BCUT2D eigenvalue weighted by Gasteiger charge is 2.17. The van der Waals surface area contributed by atoms with E-state index >= 15 is 0 Å². The molecule has 0 amide bonds. The summed E-state index contributed by atoms with van der Waals surface area (Å²) in [5, 5.41) is 8.87. The molecule has 1 rings (SSSR count). The van der Waals surface area contributed by atoms with Crippen LogP contribution in [-0.2, 0) is 4.79 Å². The molecule has 0 radical (unpaired) electrons. The van der Waals surface area contributed by atoms with Gasteiger partial charge in [-0.3, -0.25) is 4.79 Å². The quantitative estimate of drug-likeness (QED) is 0.858. The van der Waals surface area contributed by atoms with Gasteiger partial charge in [-0.05, 0) is 30.5 Å². The number of carboxylic acids is 1. The van der Waals surface area contributed by atoms with E-state index in [4.69, 9.17) is 9.84 Å². The van der Waals surface area contributed by atoms with Gasteiger partial charge in [0.25, 0.3) is 0 Å². The first kappa shape index (κ1) is 15.3. The number of anilines is 1. The van der Waals surface area contributed by atoms with E-state index in [0.717, 1.165) is 11.4 Å². The van der Waals surface area contributed by atoms with Gasteiger partial charge in [0.2, 0.25) is 0 Å². The second-order valence-corrected chi connectivity index (χ2v) is 5.14. The van der Waals surface area contributed by atoms with E-state index in [-0.39, 0.29) is 12.5 Å². The molecule has 0 bridgehead atoms. The van der Waals surface area contributed by atoms with Crippen LogP contribution in [0.1, 0.15) is 38.7 Å². The van der Waals surface area contributed by atoms with Crippen LogP contribution in [0.5, 0.6) is 5.75 Å². The molecule has 4 nitrogen and oxygen atoms in total. The van der Waals surface area contributed by atoms with Crippen molar-refractivity contribution >= 4 is 11.7 Å². The molecule has 0 fully saturated rings. The molecular formula is C15H23NO3. The van der Waals surface area contributed by atoms with Gasteiger partial charge >= 0.3 is 5.97 Å². The predicted molar refractivity (Wildman–Crippen MR) is 77.2 cm³/mol. The van der Waals surface area contributed by atoms with Crippen LogP contribution >= 0.6 is 0 Å². The largest absolute Gasteiger partial charge is 0.495 e. The molecule has 0 saturated heterocycles. The minimum absolute atomic E-state index is 0.0868. The van der Waals surface area contributed by atoms with Crippen LogP contribution in [0.3, 0.4) is 0 Å². The lowest BCUT2D eigenvalue weighted by Crippen LogP contribution is -2.31. The van der Waals surface area contributed by atoms with Crippen molar-refractivity contribution in [3.05, 3.63) is 23.8 Å². The first-order chi connectivity index (χ1) is 8.86. The van der Waals surface area contributed by atoms with Crippen molar-refractivity contribution in [2.75, 3.05) is 19.1 Å². The fourth-order valence-corrected chi connectivity index (χ4v) is 1.97. The van der Waals surface area contributed by atoms with Crippen molar-refractivity contribution in [3.8, 4) is 5.75 Å². The summed E-state index contributed by atoms with van der Waals surface area (Å²) in [6, 6.07) is 5.99. The number of benzene rings is 1. The summed E-state index contributed by atoms with van der Waals surface area (Å²) in [6.45, 7) is 6.15. The lowest BCUT2D eigenvalue weighted by Gasteiger charge is -2.28. The van der Waals surface area contributed by atoms with Gasteiger partial charge in [0.1, 0.15) is 5.75 Å². The van der Waals surface area contributed by atoms with E-state index in [1.807, 2.05) is 31.0 Å². The van der Waals surface area contributed by atoms with E-state index in [9.17, 15) is 4.79 Å². The van der Waals surface area contributed by atoms with Gasteiger partial charge in [-0.15, -0.1) is 0 Å². The van der Waals surface area contributed by atoms with Gasteiger partial charge in [-0.1, -0.05) is 19.9 Å². The maximum atomic E-state index is 10.8. The predicted octanol–water partition coefficient (Wildman–Crippen LogP) is 3.12. The summed E-state index contributed by atoms with van der Waals surface area (Å²) >= 11 is 0. The highest BCUT2D eigenvalue weighted by molar-refractivity contribution is 5.69. The van der Waals surface area contributed by atoms with Gasteiger partial charge in [-0.2, -0.15) is 0 Å². The maximum absolute atomic E-state index is 10.8. The minimum atomic E-state index is -0.794. The zero-order valence-electron chi connectivity index (χ0n) is 12.3. The first-order valence-electron chi connectivity index (χ1n) is 6.49. The Balaban J connectivity index is 3.02. The number of carbonyl (C=O) groups is 1. The Kier molecular flexibility index (Phi) is 5.21. The molecule has 0 aromatic heterocycles. The molecule has 0 aliphatic heterocycles. The zero-order valence-corrected chi connectivity index (χ0v) is 12.3. The molecule has 1 unspecified atom stereocenters. The maximum Gasteiger partial charge on any atom is 0.305 e. The van der Waals surface area contributed by atoms with Crippen LogP contribution in [0.4, 0.5) is 5.69 Å². The second-order valence-electron chi connectivity index (χ2n) is 5.14. The monoisotopic (exact) mass is 265 g/mol. The molecule has 0 aliphatic carbocycles. The summed E-state index contributed by atoms with van der Waals surface area (Å²) in [4.78, 5) is 12.7. The average molecular weight is 265 g/mol. The molecule has 1 N–H and O–H groups in total. The number of ether oxygens (including phenoxy) is 1. The van der Waals surface area contributed by atoms with Gasteiger partial charge < -0.3 is 14.7 Å². The molecule has 0 saturated carbocycles. The van der Waals surface area contributed by atoms with Gasteiger partial charge in [0.05, 0.1) is 19.2 Å². The van der Waals surface area contributed by atoms with Crippen molar-refractivity contribution in [1.82, 2.24) is 0 Å². The molecule has 106 valence electrons. The highest BCUT2D eigenvalue weighted by Crippen LogP contribution is 2.32. The zero-order chi connectivity index (χ0) is 14.6. The van der Waals surface area contributed by atoms with Crippen molar-refractivity contribution < 1.29 is 14.6 Å². The topological polar surface area (TPSA) is 49.8 Å². The molecule has 0 aliphatic rings. The standard InChI is InChI=1S/C15H23NO3/c1-10(2)12-6-7-13(14(9-12)19-5)16(4)11(3)8-15(17)18/h6-7,9-11H,8H2,1-5H3,(H,17,18). The van der Waals surface area contributed by atoms with Crippen molar-refractivity contribution in [2.24, 2.45) is 0 Å². The smallest absolute Gasteiger partial charge is 0.305 e. The van der Waals surface area contributed by atoms with Crippen LogP contribution in [0.15, 0.2) is 18.2 Å². The molecular weight excluding hydrogens is 242 g/mol. The Morgan fingerprint density at radius 1 is 1.37 bits per heavy atom. The molecule has 0 heterocycles. The molecule has 1 atom stereocenters. The van der Waals surface area contributed by atoms with Crippen molar-refractivity contribution in [1.29, 1.82) is 0 Å². The Labute approximate surface area is 115 Å². The Bertz CT molecular complexity index is 443. The van der Waals surface area contributed by atoms with Crippen LogP contribution in [0, 0.1) is 0 Å². The molecule has 1 aromatic rings. The van der Waals surface area contributed by atoms with E-state index < -0.39 is 5.97 Å². The Hall–Kier alpha value is -1.71. The second kappa shape index (κ2) is 6.45. The SMILES string of the molecule is COc1cc(C(C)C)ccc1N(C)C(C)CC(=O)O. The van der Waals surface area contributed by atoms with Gasteiger partial charge in [0, 0.05) is 13.1 Å². The third kappa shape index (κ3) is 3.88. The van der Waals surface area contributed by atoms with Crippen molar-refractivity contribution in [3.63, 3.8) is 0 Å². The fraction of sp³-hybridized carbons (Fsp3) is 0.533. The molecule has 1 aromatic carbocycles.